The Morgan fingerprint density at radius 3 is 2.65 bits per heavy atom. The van der Waals surface area contributed by atoms with Crippen LogP contribution in [0.4, 0.5) is 0 Å². The minimum Gasteiger partial charge on any atom is -0.242 e. The van der Waals surface area contributed by atoms with Crippen LogP contribution in [0.25, 0.3) is 15.9 Å². The van der Waals surface area contributed by atoms with Gasteiger partial charge in [-0.15, -0.1) is 11.3 Å². The summed E-state index contributed by atoms with van der Waals surface area (Å²) >= 11 is 1.60. The fraction of sp³-hybridized carbons (Fsp3) is 0.400. The summed E-state index contributed by atoms with van der Waals surface area (Å²) in [6.07, 6.45) is 1.21. The maximum absolute atomic E-state index is 11.7. The van der Waals surface area contributed by atoms with Crippen LogP contribution in [0.15, 0.2) is 18.2 Å². The highest BCUT2D eigenvalue weighted by Gasteiger charge is 2.18. The maximum atomic E-state index is 11.7. The van der Waals surface area contributed by atoms with E-state index in [0.717, 1.165) is 20.9 Å². The van der Waals surface area contributed by atoms with Gasteiger partial charge in [0, 0.05) is 12.2 Å². The van der Waals surface area contributed by atoms with E-state index < -0.39 is 9.84 Å². The van der Waals surface area contributed by atoms with Gasteiger partial charge in [0.15, 0.2) is 15.7 Å². The normalized spacial score (nSPS) is 12.4. The van der Waals surface area contributed by atoms with E-state index in [1.807, 2.05) is 39.0 Å². The Bertz CT molecular complexity index is 971. The summed E-state index contributed by atoms with van der Waals surface area (Å²) in [5.41, 5.74) is 1.74. The SMILES string of the molecule is Cc1nc2ccc(-n3nc(C(C)C)nc3CS(C)(=O)=O)cc2s1. The van der Waals surface area contributed by atoms with Gasteiger partial charge in [-0.3, -0.25) is 0 Å². The van der Waals surface area contributed by atoms with Crippen LogP contribution in [-0.4, -0.2) is 34.4 Å². The zero-order valence-corrected chi connectivity index (χ0v) is 15.1. The number of benzene rings is 1. The van der Waals surface area contributed by atoms with Gasteiger partial charge in [-0.25, -0.2) is 23.1 Å². The molecule has 0 aliphatic carbocycles. The Balaban J connectivity index is 2.15. The van der Waals surface area contributed by atoms with Crippen molar-refractivity contribution in [3.8, 4) is 5.69 Å². The quantitative estimate of drug-likeness (QED) is 0.723. The second-order valence-corrected chi connectivity index (χ2v) is 9.28. The van der Waals surface area contributed by atoms with Gasteiger partial charge in [-0.1, -0.05) is 13.8 Å². The Labute approximate surface area is 139 Å². The number of aromatic nitrogens is 4. The molecule has 3 aromatic rings. The number of rotatable bonds is 4. The molecule has 0 fully saturated rings. The molecule has 122 valence electrons. The highest BCUT2D eigenvalue weighted by Crippen LogP contribution is 2.25. The van der Waals surface area contributed by atoms with Crippen LogP contribution in [0.5, 0.6) is 0 Å². The summed E-state index contributed by atoms with van der Waals surface area (Å²) in [5, 5.41) is 5.50. The fourth-order valence-corrected chi connectivity index (χ4v) is 3.82. The van der Waals surface area contributed by atoms with E-state index in [-0.39, 0.29) is 11.7 Å². The first-order valence-corrected chi connectivity index (χ1v) is 10.1. The largest absolute Gasteiger partial charge is 0.242 e. The lowest BCUT2D eigenvalue weighted by Gasteiger charge is -2.05. The molecule has 0 amide bonds. The molecule has 0 saturated carbocycles. The van der Waals surface area contributed by atoms with Gasteiger partial charge in [0.1, 0.15) is 11.6 Å². The molecule has 0 aliphatic heterocycles. The lowest BCUT2D eigenvalue weighted by atomic mass is 10.2. The van der Waals surface area contributed by atoms with Crippen LogP contribution in [-0.2, 0) is 15.6 Å². The summed E-state index contributed by atoms with van der Waals surface area (Å²) in [6.45, 7) is 5.94. The summed E-state index contributed by atoms with van der Waals surface area (Å²) in [4.78, 5) is 8.86. The Kier molecular flexibility index (Phi) is 3.97. The molecule has 3 rings (SSSR count). The van der Waals surface area contributed by atoms with E-state index in [1.165, 1.54) is 6.26 Å². The van der Waals surface area contributed by atoms with Crippen molar-refractivity contribution in [2.24, 2.45) is 0 Å². The number of fused-ring (bicyclic) bond motifs is 1. The van der Waals surface area contributed by atoms with Crippen molar-refractivity contribution in [1.82, 2.24) is 19.7 Å². The van der Waals surface area contributed by atoms with Gasteiger partial charge < -0.3 is 0 Å². The van der Waals surface area contributed by atoms with Gasteiger partial charge in [0.25, 0.3) is 0 Å². The van der Waals surface area contributed by atoms with E-state index in [2.05, 4.69) is 15.1 Å². The summed E-state index contributed by atoms with van der Waals surface area (Å²) < 4.78 is 26.1. The molecular formula is C15H18N4O2S2. The molecule has 0 N–H and O–H groups in total. The Hall–Kier alpha value is -1.80. The highest BCUT2D eigenvalue weighted by molar-refractivity contribution is 7.89. The lowest BCUT2D eigenvalue weighted by Crippen LogP contribution is -2.09. The van der Waals surface area contributed by atoms with E-state index in [0.29, 0.717) is 11.6 Å². The van der Waals surface area contributed by atoms with Crippen molar-refractivity contribution in [3.63, 3.8) is 0 Å². The first-order valence-electron chi connectivity index (χ1n) is 7.24. The average Bonchev–Trinajstić information content (AvgIpc) is 2.98. The molecule has 23 heavy (non-hydrogen) atoms. The van der Waals surface area contributed by atoms with Gasteiger partial charge in [0.05, 0.1) is 20.9 Å². The number of thiazole rings is 1. The lowest BCUT2D eigenvalue weighted by molar-refractivity contribution is 0.598. The molecule has 0 aliphatic rings. The molecule has 0 radical (unpaired) electrons. The molecule has 8 heteroatoms. The minimum atomic E-state index is -3.19. The number of aryl methyl sites for hydroxylation is 1. The van der Waals surface area contributed by atoms with Crippen molar-refractivity contribution in [2.75, 3.05) is 6.26 Å². The molecule has 1 aromatic carbocycles. The number of hydrogen-bond acceptors (Lipinski definition) is 6. The van der Waals surface area contributed by atoms with Crippen molar-refractivity contribution in [1.29, 1.82) is 0 Å². The molecule has 0 atom stereocenters. The zero-order valence-electron chi connectivity index (χ0n) is 13.4. The van der Waals surface area contributed by atoms with Crippen LogP contribution in [0, 0.1) is 6.92 Å². The second-order valence-electron chi connectivity index (χ2n) is 5.91. The monoisotopic (exact) mass is 350 g/mol. The maximum Gasteiger partial charge on any atom is 0.154 e. The minimum absolute atomic E-state index is 0.129. The second kappa shape index (κ2) is 5.68. The van der Waals surface area contributed by atoms with Gasteiger partial charge in [-0.2, -0.15) is 5.10 Å². The number of nitrogens with zero attached hydrogens (tertiary/aromatic N) is 4. The van der Waals surface area contributed by atoms with E-state index in [4.69, 9.17) is 0 Å². The molecule has 0 bridgehead atoms. The summed E-state index contributed by atoms with van der Waals surface area (Å²) in [5.74, 6) is 1.08. The van der Waals surface area contributed by atoms with Crippen molar-refractivity contribution >= 4 is 31.4 Å². The fourth-order valence-electron chi connectivity index (χ4n) is 2.30. The molecule has 0 unspecified atom stereocenters. The van der Waals surface area contributed by atoms with Gasteiger partial charge in [-0.05, 0) is 25.1 Å². The van der Waals surface area contributed by atoms with E-state index in [1.54, 1.807) is 16.0 Å². The molecule has 0 saturated heterocycles. The standard InChI is InChI=1S/C15H18N4O2S2/c1-9(2)15-17-14(8-23(4,20)21)19(18-15)11-5-6-12-13(7-11)22-10(3)16-12/h5-7,9H,8H2,1-4H3. The average molecular weight is 350 g/mol. The topological polar surface area (TPSA) is 77.7 Å². The first-order chi connectivity index (χ1) is 10.7. The van der Waals surface area contributed by atoms with E-state index >= 15 is 0 Å². The van der Waals surface area contributed by atoms with Crippen LogP contribution in [0.2, 0.25) is 0 Å². The molecular weight excluding hydrogens is 332 g/mol. The van der Waals surface area contributed by atoms with Crippen LogP contribution < -0.4 is 0 Å². The third-order valence-electron chi connectivity index (χ3n) is 3.32. The predicted molar refractivity (Wildman–Crippen MR) is 91.9 cm³/mol. The number of sulfone groups is 1. The molecule has 2 aromatic heterocycles. The van der Waals surface area contributed by atoms with Crippen LogP contribution >= 0.6 is 11.3 Å². The van der Waals surface area contributed by atoms with Crippen LogP contribution in [0.3, 0.4) is 0 Å². The van der Waals surface area contributed by atoms with Gasteiger partial charge in [0.2, 0.25) is 0 Å². The number of hydrogen-bond donors (Lipinski definition) is 0. The predicted octanol–water partition coefficient (Wildman–Crippen LogP) is 2.85. The highest BCUT2D eigenvalue weighted by atomic mass is 32.2. The third-order valence-corrected chi connectivity index (χ3v) is 5.04. The summed E-state index contributed by atoms with van der Waals surface area (Å²) in [7, 11) is -3.19. The zero-order chi connectivity index (χ0) is 16.8. The molecule has 2 heterocycles. The van der Waals surface area contributed by atoms with Crippen LogP contribution in [0.1, 0.15) is 36.4 Å². The molecule has 6 nitrogen and oxygen atoms in total. The third kappa shape index (κ3) is 3.42. The first kappa shape index (κ1) is 16.1. The van der Waals surface area contributed by atoms with Crippen molar-refractivity contribution < 1.29 is 8.42 Å². The van der Waals surface area contributed by atoms with Crippen molar-refractivity contribution in [3.05, 3.63) is 34.9 Å². The van der Waals surface area contributed by atoms with E-state index in [9.17, 15) is 8.42 Å². The van der Waals surface area contributed by atoms with Gasteiger partial charge >= 0.3 is 0 Å². The summed E-state index contributed by atoms with van der Waals surface area (Å²) in [6, 6.07) is 5.80. The molecule has 0 spiro atoms. The van der Waals surface area contributed by atoms with Crippen molar-refractivity contribution in [2.45, 2.75) is 32.4 Å². The Morgan fingerprint density at radius 2 is 2.00 bits per heavy atom. The Morgan fingerprint density at radius 1 is 1.26 bits per heavy atom. The smallest absolute Gasteiger partial charge is 0.154 e.